The van der Waals surface area contributed by atoms with Gasteiger partial charge in [0.2, 0.25) is 5.91 Å². The van der Waals surface area contributed by atoms with Gasteiger partial charge in [0, 0.05) is 26.2 Å². The molecule has 0 saturated carbocycles. The van der Waals surface area contributed by atoms with Gasteiger partial charge in [-0.05, 0) is 58.3 Å². The van der Waals surface area contributed by atoms with Gasteiger partial charge in [-0.3, -0.25) is 9.59 Å². The van der Waals surface area contributed by atoms with Crippen molar-refractivity contribution in [2.24, 2.45) is 17.3 Å². The Kier molecular flexibility index (Phi) is 16.3. The number of hydrogen-bond acceptors (Lipinski definition) is 5. The van der Waals surface area contributed by atoms with Gasteiger partial charge in [0.15, 0.2) is 0 Å². The number of allylic oxidation sites excluding steroid dienone is 4. The number of carbonyl (C=O) groups excluding carboxylic acids is 1. The summed E-state index contributed by atoms with van der Waals surface area (Å²) < 4.78 is 17.3. The molecule has 192 valence electrons. The van der Waals surface area contributed by atoms with E-state index >= 15 is 0 Å². The second-order valence-corrected chi connectivity index (χ2v) is 11.5. The zero-order chi connectivity index (χ0) is 25.3. The minimum Gasteiger partial charge on any atom is -0.481 e. The molecule has 0 radical (unpaired) electrons. The lowest BCUT2D eigenvalue weighted by atomic mass is 9.84. The molecule has 33 heavy (non-hydrogen) atoms. The zero-order valence-electron chi connectivity index (χ0n) is 21.8. The molecule has 7 nitrogen and oxygen atoms in total. The maximum absolute atomic E-state index is 12.7. The number of hydrogen-bond donors (Lipinski definition) is 2. The normalized spacial score (nSPS) is 14.6. The van der Waals surface area contributed by atoms with Crippen molar-refractivity contribution in [2.75, 3.05) is 26.0 Å². The van der Waals surface area contributed by atoms with E-state index in [1.165, 1.54) is 0 Å². The molecule has 8 heteroatoms. The van der Waals surface area contributed by atoms with Gasteiger partial charge in [-0.2, -0.15) is 0 Å². The number of nitrogens with one attached hydrogen (secondary N) is 1. The van der Waals surface area contributed by atoms with Crippen LogP contribution in [0, 0.1) is 17.3 Å². The molecule has 0 heterocycles. The van der Waals surface area contributed by atoms with Crippen LogP contribution >= 0.6 is 0 Å². The van der Waals surface area contributed by atoms with Gasteiger partial charge in [-0.25, -0.2) is 0 Å². The van der Waals surface area contributed by atoms with Crippen molar-refractivity contribution in [3.63, 3.8) is 0 Å². The summed E-state index contributed by atoms with van der Waals surface area (Å²) >= 11 is 0. The molecule has 2 unspecified atom stereocenters. The maximum Gasteiger partial charge on any atom is 0.521 e. The van der Waals surface area contributed by atoms with E-state index in [1.54, 1.807) is 0 Å². The van der Waals surface area contributed by atoms with E-state index in [2.05, 4.69) is 38.2 Å². The highest BCUT2D eigenvalue weighted by Gasteiger charge is 2.41. The van der Waals surface area contributed by atoms with Gasteiger partial charge in [0.25, 0.3) is 0 Å². The van der Waals surface area contributed by atoms with E-state index in [0.29, 0.717) is 26.2 Å². The van der Waals surface area contributed by atoms with Gasteiger partial charge >= 0.3 is 14.8 Å². The number of rotatable bonds is 19. The van der Waals surface area contributed by atoms with Gasteiger partial charge in [-0.1, -0.05) is 51.5 Å². The minimum atomic E-state index is -3.03. The van der Waals surface area contributed by atoms with Gasteiger partial charge in [0.1, 0.15) is 0 Å². The molecule has 0 bridgehead atoms. The zero-order valence-corrected chi connectivity index (χ0v) is 22.8. The molecule has 0 rings (SSSR count). The molecular formula is C25H47NO6Si. The summed E-state index contributed by atoms with van der Waals surface area (Å²) in [5.41, 5.74) is 0.268. The fourth-order valence-electron chi connectivity index (χ4n) is 3.47. The monoisotopic (exact) mass is 485 g/mol. The second-order valence-electron chi connectivity index (χ2n) is 8.87. The summed E-state index contributed by atoms with van der Waals surface area (Å²) in [4.78, 5) is 24.7. The first-order chi connectivity index (χ1) is 15.6. The van der Waals surface area contributed by atoms with Crippen LogP contribution in [0.25, 0.3) is 0 Å². The first kappa shape index (κ1) is 31.5. The summed E-state index contributed by atoms with van der Waals surface area (Å²) in [5.74, 6) is -2.33. The highest BCUT2D eigenvalue weighted by molar-refractivity contribution is 6.61. The lowest BCUT2D eigenvalue weighted by Gasteiger charge is -2.29. The third-order valence-electron chi connectivity index (χ3n) is 5.73. The van der Waals surface area contributed by atoms with Crippen LogP contribution in [0.3, 0.4) is 0 Å². The van der Waals surface area contributed by atoms with Crippen LogP contribution < -0.4 is 5.32 Å². The van der Waals surface area contributed by atoms with E-state index < -0.39 is 20.7 Å². The average molecular weight is 486 g/mol. The molecule has 0 aliphatic rings. The van der Waals surface area contributed by atoms with Crippen LogP contribution in [-0.2, 0) is 22.9 Å². The topological polar surface area (TPSA) is 94.1 Å². The Morgan fingerprint density at radius 1 is 1.03 bits per heavy atom. The molecule has 0 spiro atoms. The molecule has 1 amide bonds. The van der Waals surface area contributed by atoms with E-state index in [-0.39, 0.29) is 29.8 Å². The van der Waals surface area contributed by atoms with Crippen molar-refractivity contribution in [3.8, 4) is 0 Å². The molecule has 0 fully saturated rings. The van der Waals surface area contributed by atoms with Crippen LogP contribution in [0.1, 0.15) is 80.6 Å². The standard InChI is InChI=1S/C25H47NO6Si/c1-8-16-21(17-14-13-15-18-25(6,7)9-2)22(24(28)29)19-23(27)26-20-33(30-10-3,31-11-4)32-12-5/h8,13,15-16,21-22H,9-12,14,17-20H2,1-7H3,(H,26,27)(H,28,29)/b15-13+,16-8+. The lowest BCUT2D eigenvalue weighted by molar-refractivity contribution is -0.145. The van der Waals surface area contributed by atoms with Crippen LogP contribution in [-0.4, -0.2) is 51.8 Å². The van der Waals surface area contributed by atoms with Crippen molar-refractivity contribution in [1.29, 1.82) is 0 Å². The number of aliphatic carboxylic acids is 1. The minimum absolute atomic E-state index is 0.105. The molecule has 0 aromatic rings. The van der Waals surface area contributed by atoms with Crippen molar-refractivity contribution >= 4 is 20.7 Å². The van der Waals surface area contributed by atoms with Crippen molar-refractivity contribution in [3.05, 3.63) is 24.3 Å². The molecule has 0 saturated heterocycles. The number of carboxylic acids is 1. The number of amides is 1. The highest BCUT2D eigenvalue weighted by atomic mass is 28.4. The Morgan fingerprint density at radius 2 is 1.61 bits per heavy atom. The van der Waals surface area contributed by atoms with Gasteiger partial charge < -0.3 is 23.7 Å². The first-order valence-electron chi connectivity index (χ1n) is 12.3. The predicted molar refractivity (Wildman–Crippen MR) is 135 cm³/mol. The van der Waals surface area contributed by atoms with Crippen molar-refractivity contribution in [2.45, 2.75) is 80.6 Å². The third-order valence-corrected chi connectivity index (χ3v) is 8.53. The first-order valence-corrected chi connectivity index (χ1v) is 14.2. The summed E-state index contributed by atoms with van der Waals surface area (Å²) in [6.45, 7) is 15.3. The van der Waals surface area contributed by atoms with E-state index in [4.69, 9.17) is 13.3 Å². The molecule has 2 N–H and O–H groups in total. The van der Waals surface area contributed by atoms with E-state index in [0.717, 1.165) is 19.3 Å². The summed E-state index contributed by atoms with van der Waals surface area (Å²) in [7, 11) is -3.03. The molecule has 0 aromatic heterocycles. The summed E-state index contributed by atoms with van der Waals surface area (Å²) in [6.07, 6.45) is 11.6. The molecular weight excluding hydrogens is 438 g/mol. The van der Waals surface area contributed by atoms with Crippen LogP contribution in [0.15, 0.2) is 24.3 Å². The SMILES string of the molecule is C/C=C/C(CC/C=C/CC(C)(C)CC)C(CC(=O)NC[Si](OCC)(OCC)OCC)C(=O)O. The Balaban J connectivity index is 5.11. The predicted octanol–water partition coefficient (Wildman–Crippen LogP) is 5.14. The second kappa shape index (κ2) is 17.0. The molecule has 0 aliphatic heterocycles. The van der Waals surface area contributed by atoms with E-state index in [1.807, 2.05) is 39.8 Å². The Labute approximate surface area is 202 Å². The van der Waals surface area contributed by atoms with E-state index in [9.17, 15) is 14.7 Å². The Morgan fingerprint density at radius 3 is 2.06 bits per heavy atom. The van der Waals surface area contributed by atoms with Crippen molar-refractivity contribution in [1.82, 2.24) is 5.32 Å². The van der Waals surface area contributed by atoms with Crippen LogP contribution in [0.5, 0.6) is 0 Å². The smallest absolute Gasteiger partial charge is 0.481 e. The Bertz CT molecular complexity index is 603. The third kappa shape index (κ3) is 13.1. The summed E-state index contributed by atoms with van der Waals surface area (Å²) in [6, 6.07) is 0. The largest absolute Gasteiger partial charge is 0.521 e. The highest BCUT2D eigenvalue weighted by Crippen LogP contribution is 2.26. The fourth-order valence-corrected chi connectivity index (χ4v) is 5.76. The quantitative estimate of drug-likeness (QED) is 0.194. The molecule has 2 atom stereocenters. The molecule has 0 aliphatic carbocycles. The average Bonchev–Trinajstić information content (AvgIpc) is 2.75. The fraction of sp³-hybridized carbons (Fsp3) is 0.760. The molecule has 0 aromatic carbocycles. The number of carbonyl (C=O) groups is 2. The Hall–Kier alpha value is -1.48. The summed E-state index contributed by atoms with van der Waals surface area (Å²) in [5, 5.41) is 12.7. The van der Waals surface area contributed by atoms with Crippen LogP contribution in [0.4, 0.5) is 0 Å². The lowest BCUT2D eigenvalue weighted by Crippen LogP contribution is -2.55. The number of carboxylic acid groups (broad SMARTS) is 1. The van der Waals surface area contributed by atoms with Crippen LogP contribution in [0.2, 0.25) is 0 Å². The van der Waals surface area contributed by atoms with Crippen molar-refractivity contribution < 1.29 is 28.0 Å². The van der Waals surface area contributed by atoms with Gasteiger partial charge in [-0.15, -0.1) is 0 Å². The van der Waals surface area contributed by atoms with Gasteiger partial charge in [0.05, 0.1) is 12.1 Å². The maximum atomic E-state index is 12.7.